The zero-order valence-electron chi connectivity index (χ0n) is 8.16. The van der Waals surface area contributed by atoms with Gasteiger partial charge in [-0.2, -0.15) is 0 Å². The molecule has 0 spiro atoms. The van der Waals surface area contributed by atoms with Crippen molar-refractivity contribution in [3.05, 3.63) is 12.7 Å². The van der Waals surface area contributed by atoms with Gasteiger partial charge in [-0.1, -0.05) is 6.08 Å². The van der Waals surface area contributed by atoms with Crippen LogP contribution in [0.4, 0.5) is 0 Å². The molecule has 13 heavy (non-hydrogen) atoms. The average molecular weight is 183 g/mol. The van der Waals surface area contributed by atoms with Crippen LogP contribution >= 0.6 is 0 Å². The van der Waals surface area contributed by atoms with Gasteiger partial charge in [-0.15, -0.1) is 6.58 Å². The van der Waals surface area contributed by atoms with E-state index in [1.165, 1.54) is 7.11 Å². The van der Waals surface area contributed by atoms with E-state index < -0.39 is 0 Å². The Bertz CT molecular complexity index is 191. The summed E-state index contributed by atoms with van der Waals surface area (Å²) in [6, 6.07) is 0. The van der Waals surface area contributed by atoms with Crippen LogP contribution in [0.2, 0.25) is 0 Å². The topological polar surface area (TPSA) is 29.5 Å². The molecule has 0 radical (unpaired) electrons. The van der Waals surface area contributed by atoms with E-state index in [-0.39, 0.29) is 11.9 Å². The van der Waals surface area contributed by atoms with Crippen LogP contribution < -0.4 is 0 Å². The first-order chi connectivity index (χ1) is 6.27. The minimum atomic E-state index is -0.0752. The number of carbonyl (C=O) groups is 1. The lowest BCUT2D eigenvalue weighted by atomic mass is 9.98. The van der Waals surface area contributed by atoms with E-state index in [1.54, 1.807) is 0 Å². The molecule has 1 saturated heterocycles. The highest BCUT2D eigenvalue weighted by Crippen LogP contribution is 2.17. The molecule has 0 amide bonds. The van der Waals surface area contributed by atoms with Gasteiger partial charge in [0.15, 0.2) is 0 Å². The van der Waals surface area contributed by atoms with Crippen LogP contribution in [0.1, 0.15) is 12.8 Å². The molecule has 0 N–H and O–H groups in total. The van der Waals surface area contributed by atoms with Crippen molar-refractivity contribution in [1.29, 1.82) is 0 Å². The van der Waals surface area contributed by atoms with E-state index in [9.17, 15) is 4.79 Å². The first kappa shape index (κ1) is 10.3. The predicted octanol–water partition coefficient (Wildman–Crippen LogP) is 1.06. The average Bonchev–Trinajstić information content (AvgIpc) is 2.18. The fourth-order valence-electron chi connectivity index (χ4n) is 1.76. The lowest BCUT2D eigenvalue weighted by Crippen LogP contribution is -2.39. The number of ether oxygens (including phenoxy) is 1. The quantitative estimate of drug-likeness (QED) is 0.484. The Labute approximate surface area is 79.4 Å². The van der Waals surface area contributed by atoms with Gasteiger partial charge in [0.05, 0.1) is 13.0 Å². The maximum Gasteiger partial charge on any atom is 0.309 e. The monoisotopic (exact) mass is 183 g/mol. The normalized spacial score (nSPS) is 23.9. The number of nitrogens with zero attached hydrogens (tertiary/aromatic N) is 1. The maximum absolute atomic E-state index is 11.2. The van der Waals surface area contributed by atoms with E-state index in [0.717, 1.165) is 32.5 Å². The van der Waals surface area contributed by atoms with Gasteiger partial charge in [0, 0.05) is 13.1 Å². The summed E-state index contributed by atoms with van der Waals surface area (Å²) in [5.41, 5.74) is 0. The van der Waals surface area contributed by atoms with Crippen LogP contribution in [0.25, 0.3) is 0 Å². The Kier molecular flexibility index (Phi) is 3.96. The molecule has 1 aliphatic rings. The van der Waals surface area contributed by atoms with Gasteiger partial charge >= 0.3 is 5.97 Å². The molecule has 0 aromatic heterocycles. The van der Waals surface area contributed by atoms with E-state index in [0.29, 0.717) is 0 Å². The van der Waals surface area contributed by atoms with E-state index in [2.05, 4.69) is 11.5 Å². The molecular weight excluding hydrogens is 166 g/mol. The van der Waals surface area contributed by atoms with E-state index in [4.69, 9.17) is 4.74 Å². The first-order valence-corrected chi connectivity index (χ1v) is 4.69. The summed E-state index contributed by atoms with van der Waals surface area (Å²) in [4.78, 5) is 13.5. The summed E-state index contributed by atoms with van der Waals surface area (Å²) < 4.78 is 4.72. The Morgan fingerprint density at radius 1 is 1.77 bits per heavy atom. The molecule has 0 saturated carbocycles. The molecule has 0 aromatic carbocycles. The smallest absolute Gasteiger partial charge is 0.309 e. The van der Waals surface area contributed by atoms with Crippen LogP contribution in [-0.2, 0) is 9.53 Å². The summed E-state index contributed by atoms with van der Waals surface area (Å²) in [6.45, 7) is 6.44. The number of esters is 1. The molecule has 74 valence electrons. The van der Waals surface area contributed by atoms with Gasteiger partial charge in [0.25, 0.3) is 0 Å². The van der Waals surface area contributed by atoms with Crippen LogP contribution in [0.5, 0.6) is 0 Å². The summed E-state index contributed by atoms with van der Waals surface area (Å²) in [6.07, 6.45) is 3.91. The highest BCUT2D eigenvalue weighted by Gasteiger charge is 2.25. The Morgan fingerprint density at radius 2 is 2.54 bits per heavy atom. The third-order valence-electron chi connectivity index (χ3n) is 2.43. The van der Waals surface area contributed by atoms with Crippen LogP contribution in [0.15, 0.2) is 12.7 Å². The van der Waals surface area contributed by atoms with Gasteiger partial charge < -0.3 is 4.74 Å². The molecule has 1 fully saturated rings. The van der Waals surface area contributed by atoms with Crippen molar-refractivity contribution in [2.45, 2.75) is 12.8 Å². The Morgan fingerprint density at radius 3 is 3.15 bits per heavy atom. The van der Waals surface area contributed by atoms with Gasteiger partial charge in [-0.3, -0.25) is 9.69 Å². The zero-order chi connectivity index (χ0) is 9.68. The molecule has 0 bridgehead atoms. The highest BCUT2D eigenvalue weighted by atomic mass is 16.5. The van der Waals surface area contributed by atoms with Gasteiger partial charge in [0.1, 0.15) is 0 Å². The molecule has 0 aliphatic carbocycles. The fourth-order valence-corrected chi connectivity index (χ4v) is 1.76. The van der Waals surface area contributed by atoms with E-state index in [1.807, 2.05) is 6.08 Å². The molecule has 1 unspecified atom stereocenters. The van der Waals surface area contributed by atoms with Gasteiger partial charge in [-0.05, 0) is 19.4 Å². The summed E-state index contributed by atoms with van der Waals surface area (Å²) in [5.74, 6) is -0.00698. The van der Waals surface area contributed by atoms with Crippen LogP contribution in [0, 0.1) is 5.92 Å². The third kappa shape index (κ3) is 2.84. The minimum absolute atomic E-state index is 0.0682. The minimum Gasteiger partial charge on any atom is -0.469 e. The van der Waals surface area contributed by atoms with Gasteiger partial charge in [0.2, 0.25) is 0 Å². The van der Waals surface area contributed by atoms with E-state index >= 15 is 0 Å². The van der Waals surface area contributed by atoms with Crippen molar-refractivity contribution in [3.63, 3.8) is 0 Å². The largest absolute Gasteiger partial charge is 0.469 e. The van der Waals surface area contributed by atoms with Crippen molar-refractivity contribution in [1.82, 2.24) is 4.90 Å². The predicted molar refractivity (Wildman–Crippen MR) is 51.4 cm³/mol. The number of hydrogen-bond donors (Lipinski definition) is 0. The lowest BCUT2D eigenvalue weighted by molar-refractivity contribution is -0.147. The zero-order valence-corrected chi connectivity index (χ0v) is 8.16. The van der Waals surface area contributed by atoms with Crippen molar-refractivity contribution in [2.24, 2.45) is 5.92 Å². The third-order valence-corrected chi connectivity index (χ3v) is 2.43. The number of rotatable bonds is 3. The number of carbonyl (C=O) groups excluding carboxylic acids is 1. The highest BCUT2D eigenvalue weighted by molar-refractivity contribution is 5.72. The van der Waals surface area contributed by atoms with Crippen LogP contribution in [-0.4, -0.2) is 37.6 Å². The van der Waals surface area contributed by atoms with Crippen molar-refractivity contribution >= 4 is 5.97 Å². The van der Waals surface area contributed by atoms with Crippen molar-refractivity contribution < 1.29 is 9.53 Å². The standard InChI is InChI=1S/C10H17NO2/c1-3-6-11-7-4-5-9(8-11)10(12)13-2/h3,9H,1,4-8H2,2H3. The molecule has 3 nitrogen and oxygen atoms in total. The molecule has 1 aliphatic heterocycles. The van der Waals surface area contributed by atoms with Crippen LogP contribution in [0.3, 0.4) is 0 Å². The summed E-state index contributed by atoms with van der Waals surface area (Å²) in [7, 11) is 1.45. The summed E-state index contributed by atoms with van der Waals surface area (Å²) >= 11 is 0. The maximum atomic E-state index is 11.2. The van der Waals surface area contributed by atoms with Gasteiger partial charge in [-0.25, -0.2) is 0 Å². The summed E-state index contributed by atoms with van der Waals surface area (Å²) in [5, 5.41) is 0. The first-order valence-electron chi connectivity index (χ1n) is 4.69. The molecule has 1 atom stereocenters. The molecule has 1 rings (SSSR count). The molecule has 0 aromatic rings. The van der Waals surface area contributed by atoms with Crippen molar-refractivity contribution in [3.8, 4) is 0 Å². The lowest BCUT2D eigenvalue weighted by Gasteiger charge is -2.30. The number of likely N-dealkylation sites (tertiary alicyclic amines) is 1. The second-order valence-electron chi connectivity index (χ2n) is 3.41. The SMILES string of the molecule is C=CCN1CCCC(C(=O)OC)C1. The number of methoxy groups -OCH3 is 1. The second-order valence-corrected chi connectivity index (χ2v) is 3.41. The number of hydrogen-bond acceptors (Lipinski definition) is 3. The van der Waals surface area contributed by atoms with Crippen molar-refractivity contribution in [2.75, 3.05) is 26.7 Å². The molecular formula is C10H17NO2. The Balaban J connectivity index is 2.41. The molecule has 3 heteroatoms. The number of piperidine rings is 1. The fraction of sp³-hybridized carbons (Fsp3) is 0.700. The Hall–Kier alpha value is -0.830. The molecule has 1 heterocycles. The second kappa shape index (κ2) is 5.02.